The summed E-state index contributed by atoms with van der Waals surface area (Å²) in [5.74, 6) is 0.946. The normalized spacial score (nSPS) is 17.1. The molecule has 0 radical (unpaired) electrons. The van der Waals surface area contributed by atoms with Crippen molar-refractivity contribution in [1.29, 1.82) is 0 Å². The van der Waals surface area contributed by atoms with Gasteiger partial charge in [0, 0.05) is 11.9 Å². The number of rotatable bonds is 4. The quantitative estimate of drug-likeness (QED) is 0.731. The number of hydrogen-bond donors (Lipinski definition) is 1. The third-order valence-corrected chi connectivity index (χ3v) is 2.39. The van der Waals surface area contributed by atoms with Gasteiger partial charge in [0.15, 0.2) is 0 Å². The van der Waals surface area contributed by atoms with Crippen LogP contribution in [-0.4, -0.2) is 16.1 Å². The van der Waals surface area contributed by atoms with Gasteiger partial charge in [-0.2, -0.15) is 0 Å². The SMILES string of the molecule is c1snnc1CNCC1CC1. The van der Waals surface area contributed by atoms with Crippen LogP contribution in [0.2, 0.25) is 0 Å². The summed E-state index contributed by atoms with van der Waals surface area (Å²) in [6.45, 7) is 2.03. The molecule has 1 aromatic rings. The lowest BCUT2D eigenvalue weighted by molar-refractivity contribution is 0.629. The van der Waals surface area contributed by atoms with E-state index < -0.39 is 0 Å². The molecule has 1 aromatic heterocycles. The molecule has 3 nitrogen and oxygen atoms in total. The van der Waals surface area contributed by atoms with Crippen molar-refractivity contribution in [3.05, 3.63) is 11.1 Å². The Bertz CT molecular complexity index is 205. The van der Waals surface area contributed by atoms with E-state index in [2.05, 4.69) is 14.9 Å². The van der Waals surface area contributed by atoms with Crippen LogP contribution in [0.15, 0.2) is 5.38 Å². The fourth-order valence-electron chi connectivity index (χ4n) is 0.987. The molecule has 1 aliphatic rings. The summed E-state index contributed by atoms with van der Waals surface area (Å²) >= 11 is 1.41. The molecule has 0 saturated heterocycles. The molecule has 60 valence electrons. The standard InChI is InChI=1S/C7H11N3S/c1-2-6(1)3-8-4-7-5-11-10-9-7/h5-6,8H,1-4H2. The van der Waals surface area contributed by atoms with Crippen molar-refractivity contribution in [2.24, 2.45) is 5.92 Å². The Labute approximate surface area is 70.0 Å². The lowest BCUT2D eigenvalue weighted by atomic mass is 10.4. The summed E-state index contributed by atoms with van der Waals surface area (Å²) in [6, 6.07) is 0. The van der Waals surface area contributed by atoms with Crippen molar-refractivity contribution in [3.8, 4) is 0 Å². The highest BCUT2D eigenvalue weighted by Crippen LogP contribution is 2.27. The minimum absolute atomic E-state index is 0.882. The minimum Gasteiger partial charge on any atom is -0.311 e. The fourth-order valence-corrected chi connectivity index (χ4v) is 1.44. The van der Waals surface area contributed by atoms with E-state index in [9.17, 15) is 0 Å². The molecule has 0 atom stereocenters. The van der Waals surface area contributed by atoms with Crippen LogP contribution in [0.5, 0.6) is 0 Å². The van der Waals surface area contributed by atoms with Gasteiger partial charge in [-0.1, -0.05) is 4.49 Å². The van der Waals surface area contributed by atoms with E-state index in [1.165, 1.54) is 24.4 Å². The van der Waals surface area contributed by atoms with Crippen molar-refractivity contribution >= 4 is 11.5 Å². The Hall–Kier alpha value is -0.480. The fraction of sp³-hybridized carbons (Fsp3) is 0.714. The van der Waals surface area contributed by atoms with Gasteiger partial charge in [0.1, 0.15) is 0 Å². The Balaban J connectivity index is 1.66. The zero-order valence-electron chi connectivity index (χ0n) is 6.29. The maximum Gasteiger partial charge on any atom is 0.0893 e. The Morgan fingerprint density at radius 2 is 2.55 bits per heavy atom. The molecule has 1 fully saturated rings. The predicted molar refractivity (Wildman–Crippen MR) is 44.3 cm³/mol. The molecule has 4 heteroatoms. The molecule has 0 amide bonds. The monoisotopic (exact) mass is 169 g/mol. The highest BCUT2D eigenvalue weighted by atomic mass is 32.1. The van der Waals surface area contributed by atoms with E-state index in [0.29, 0.717) is 0 Å². The maximum absolute atomic E-state index is 3.94. The molecule has 0 unspecified atom stereocenters. The Morgan fingerprint density at radius 3 is 3.18 bits per heavy atom. The Morgan fingerprint density at radius 1 is 1.64 bits per heavy atom. The van der Waals surface area contributed by atoms with E-state index in [-0.39, 0.29) is 0 Å². The van der Waals surface area contributed by atoms with Crippen LogP contribution >= 0.6 is 11.5 Å². The molecular formula is C7H11N3S. The first-order valence-corrected chi connectivity index (χ1v) is 4.75. The minimum atomic E-state index is 0.882. The first-order valence-electron chi connectivity index (χ1n) is 3.92. The van der Waals surface area contributed by atoms with Gasteiger partial charge in [0.2, 0.25) is 0 Å². The van der Waals surface area contributed by atoms with Gasteiger partial charge in [-0.05, 0) is 36.8 Å². The van der Waals surface area contributed by atoms with Gasteiger partial charge in [-0.3, -0.25) is 0 Å². The molecule has 0 spiro atoms. The van der Waals surface area contributed by atoms with E-state index >= 15 is 0 Å². The third-order valence-electron chi connectivity index (χ3n) is 1.84. The van der Waals surface area contributed by atoms with Gasteiger partial charge in [-0.25, -0.2) is 0 Å². The second-order valence-electron chi connectivity index (χ2n) is 2.97. The van der Waals surface area contributed by atoms with Crippen molar-refractivity contribution in [3.63, 3.8) is 0 Å². The first-order chi connectivity index (χ1) is 5.45. The van der Waals surface area contributed by atoms with Crippen LogP contribution in [0, 0.1) is 5.92 Å². The molecule has 0 aromatic carbocycles. The van der Waals surface area contributed by atoms with Gasteiger partial charge >= 0.3 is 0 Å². The molecule has 1 aliphatic carbocycles. The highest BCUT2D eigenvalue weighted by Gasteiger charge is 2.20. The van der Waals surface area contributed by atoms with Crippen LogP contribution in [0.3, 0.4) is 0 Å². The number of hydrogen-bond acceptors (Lipinski definition) is 4. The number of aromatic nitrogens is 2. The largest absolute Gasteiger partial charge is 0.311 e. The lowest BCUT2D eigenvalue weighted by Crippen LogP contribution is -2.16. The summed E-state index contributed by atoms with van der Waals surface area (Å²) in [7, 11) is 0. The van der Waals surface area contributed by atoms with Crippen molar-refractivity contribution in [2.45, 2.75) is 19.4 Å². The first kappa shape index (κ1) is 7.18. The molecule has 0 aliphatic heterocycles. The van der Waals surface area contributed by atoms with Gasteiger partial charge in [0.05, 0.1) is 5.69 Å². The van der Waals surface area contributed by atoms with Crippen LogP contribution in [0.4, 0.5) is 0 Å². The summed E-state index contributed by atoms with van der Waals surface area (Å²) < 4.78 is 3.79. The summed E-state index contributed by atoms with van der Waals surface area (Å²) in [6.07, 6.45) is 2.81. The smallest absolute Gasteiger partial charge is 0.0893 e. The molecule has 11 heavy (non-hydrogen) atoms. The average molecular weight is 169 g/mol. The topological polar surface area (TPSA) is 37.8 Å². The molecule has 1 N–H and O–H groups in total. The van der Waals surface area contributed by atoms with Crippen molar-refractivity contribution in [1.82, 2.24) is 14.9 Å². The second-order valence-corrected chi connectivity index (χ2v) is 3.58. The molecule has 2 rings (SSSR count). The summed E-state index contributed by atoms with van der Waals surface area (Å²) in [4.78, 5) is 0. The van der Waals surface area contributed by atoms with E-state index in [1.54, 1.807) is 0 Å². The van der Waals surface area contributed by atoms with E-state index in [1.807, 2.05) is 5.38 Å². The van der Waals surface area contributed by atoms with Gasteiger partial charge < -0.3 is 5.32 Å². The molecule has 1 saturated carbocycles. The van der Waals surface area contributed by atoms with Gasteiger partial charge in [-0.15, -0.1) is 5.10 Å². The van der Waals surface area contributed by atoms with Crippen LogP contribution < -0.4 is 5.32 Å². The van der Waals surface area contributed by atoms with Gasteiger partial charge in [0.25, 0.3) is 0 Å². The van der Waals surface area contributed by atoms with Crippen molar-refractivity contribution in [2.75, 3.05) is 6.54 Å². The molecule has 0 bridgehead atoms. The summed E-state index contributed by atoms with van der Waals surface area (Å²) in [5, 5.41) is 9.28. The van der Waals surface area contributed by atoms with Crippen LogP contribution in [0.25, 0.3) is 0 Å². The third kappa shape index (κ3) is 2.24. The van der Waals surface area contributed by atoms with Crippen molar-refractivity contribution < 1.29 is 0 Å². The number of nitrogens with zero attached hydrogens (tertiary/aromatic N) is 2. The van der Waals surface area contributed by atoms with E-state index in [0.717, 1.165) is 24.7 Å². The second kappa shape index (κ2) is 3.28. The van der Waals surface area contributed by atoms with Crippen LogP contribution in [-0.2, 0) is 6.54 Å². The predicted octanol–water partition coefficient (Wildman–Crippen LogP) is 1.04. The zero-order valence-corrected chi connectivity index (χ0v) is 7.10. The number of nitrogens with one attached hydrogen (secondary N) is 1. The highest BCUT2D eigenvalue weighted by molar-refractivity contribution is 7.03. The molecule has 1 heterocycles. The maximum atomic E-state index is 3.94. The van der Waals surface area contributed by atoms with E-state index in [4.69, 9.17) is 0 Å². The Kier molecular flexibility index (Phi) is 2.14. The van der Waals surface area contributed by atoms with Crippen LogP contribution in [0.1, 0.15) is 18.5 Å². The lowest BCUT2D eigenvalue weighted by Gasteiger charge is -1.97. The zero-order chi connectivity index (χ0) is 7.52. The average Bonchev–Trinajstić information content (AvgIpc) is 2.66. The molecular weight excluding hydrogens is 158 g/mol. The summed E-state index contributed by atoms with van der Waals surface area (Å²) in [5.41, 5.74) is 1.07.